The van der Waals surface area contributed by atoms with Gasteiger partial charge >= 0.3 is 0 Å². The molecule has 31 heavy (non-hydrogen) atoms. The number of nitrogens with zero attached hydrogens (tertiary/aromatic N) is 1. The molecule has 1 N–H and O–H groups in total. The number of carbonyl (C=O) groups is 2. The predicted octanol–water partition coefficient (Wildman–Crippen LogP) is 4.96. The van der Waals surface area contributed by atoms with E-state index in [-0.39, 0.29) is 11.8 Å². The summed E-state index contributed by atoms with van der Waals surface area (Å²) < 4.78 is 0. The number of hydrogen-bond acceptors (Lipinski definition) is 3. The molecule has 0 unspecified atom stereocenters. The molecule has 0 fully saturated rings. The third kappa shape index (κ3) is 4.83. The average molecular weight is 431 g/mol. The van der Waals surface area contributed by atoms with E-state index in [1.54, 1.807) is 0 Å². The zero-order valence-electron chi connectivity index (χ0n) is 17.7. The summed E-state index contributed by atoms with van der Waals surface area (Å²) in [6.45, 7) is 4.84. The summed E-state index contributed by atoms with van der Waals surface area (Å²) in [5, 5.41) is 2.53. The number of rotatable bonds is 6. The van der Waals surface area contributed by atoms with Crippen molar-refractivity contribution < 1.29 is 9.59 Å². The summed E-state index contributed by atoms with van der Waals surface area (Å²) in [6.07, 6.45) is 0. The van der Waals surface area contributed by atoms with E-state index in [4.69, 9.17) is 0 Å². The lowest BCUT2D eigenvalue weighted by Crippen LogP contribution is -2.47. The van der Waals surface area contributed by atoms with Gasteiger partial charge in [-0.15, -0.1) is 11.8 Å². The SMILES string of the molecule is Cc1ccc(CN2C(=O)[C@H]([C@@H](C)C(=O)NCc3ccccc3)Sc3ccccc32)cc1. The summed E-state index contributed by atoms with van der Waals surface area (Å²) in [5.41, 5.74) is 4.20. The van der Waals surface area contributed by atoms with E-state index in [1.165, 1.54) is 17.3 Å². The van der Waals surface area contributed by atoms with Crippen molar-refractivity contribution in [1.29, 1.82) is 0 Å². The van der Waals surface area contributed by atoms with E-state index in [1.807, 2.05) is 73.3 Å². The summed E-state index contributed by atoms with van der Waals surface area (Å²) in [4.78, 5) is 29.2. The third-order valence-electron chi connectivity index (χ3n) is 5.56. The fourth-order valence-electron chi connectivity index (χ4n) is 3.68. The molecule has 0 spiro atoms. The molecule has 0 aliphatic carbocycles. The van der Waals surface area contributed by atoms with E-state index < -0.39 is 11.2 Å². The number of para-hydroxylation sites is 1. The molecule has 1 aliphatic rings. The van der Waals surface area contributed by atoms with Gasteiger partial charge in [-0.25, -0.2) is 0 Å². The molecule has 0 bridgehead atoms. The van der Waals surface area contributed by atoms with Crippen LogP contribution in [0.15, 0.2) is 83.8 Å². The van der Waals surface area contributed by atoms with Gasteiger partial charge in [0.05, 0.1) is 18.2 Å². The van der Waals surface area contributed by atoms with Gasteiger partial charge in [0.1, 0.15) is 5.25 Å². The molecule has 1 heterocycles. The van der Waals surface area contributed by atoms with Crippen LogP contribution in [0.4, 0.5) is 5.69 Å². The molecule has 0 aromatic heterocycles. The Bertz CT molecular complexity index is 1070. The van der Waals surface area contributed by atoms with Crippen molar-refractivity contribution in [1.82, 2.24) is 5.32 Å². The largest absolute Gasteiger partial charge is 0.352 e. The normalized spacial score (nSPS) is 16.5. The van der Waals surface area contributed by atoms with Gasteiger partial charge in [-0.2, -0.15) is 0 Å². The van der Waals surface area contributed by atoms with Gasteiger partial charge in [0.25, 0.3) is 0 Å². The van der Waals surface area contributed by atoms with Gasteiger partial charge in [-0.3, -0.25) is 9.59 Å². The molecular weight excluding hydrogens is 404 g/mol. The quantitative estimate of drug-likeness (QED) is 0.602. The second kappa shape index (κ2) is 9.40. The van der Waals surface area contributed by atoms with Crippen molar-refractivity contribution in [3.63, 3.8) is 0 Å². The van der Waals surface area contributed by atoms with Crippen molar-refractivity contribution in [3.05, 3.63) is 95.6 Å². The van der Waals surface area contributed by atoms with Gasteiger partial charge in [-0.05, 0) is 30.2 Å². The first-order chi connectivity index (χ1) is 15.0. The zero-order valence-corrected chi connectivity index (χ0v) is 18.6. The van der Waals surface area contributed by atoms with Crippen molar-refractivity contribution in [2.75, 3.05) is 4.90 Å². The number of fused-ring (bicyclic) bond motifs is 1. The number of benzene rings is 3. The Labute approximate surface area is 187 Å². The van der Waals surface area contributed by atoms with Crippen LogP contribution in [0.25, 0.3) is 0 Å². The molecule has 4 nitrogen and oxygen atoms in total. The maximum absolute atomic E-state index is 13.5. The first kappa shape index (κ1) is 21.2. The minimum Gasteiger partial charge on any atom is -0.352 e. The molecule has 2 amide bonds. The van der Waals surface area contributed by atoms with E-state index in [0.717, 1.165) is 21.7 Å². The van der Waals surface area contributed by atoms with Crippen LogP contribution in [-0.2, 0) is 22.7 Å². The summed E-state index contributed by atoms with van der Waals surface area (Å²) >= 11 is 1.49. The average Bonchev–Trinajstić information content (AvgIpc) is 2.80. The molecule has 3 aromatic carbocycles. The molecule has 0 radical (unpaired) electrons. The van der Waals surface area contributed by atoms with E-state index in [9.17, 15) is 9.59 Å². The van der Waals surface area contributed by atoms with Crippen molar-refractivity contribution in [2.24, 2.45) is 5.92 Å². The molecule has 2 atom stereocenters. The second-order valence-corrected chi connectivity index (χ2v) is 9.09. The van der Waals surface area contributed by atoms with Crippen LogP contribution in [0.5, 0.6) is 0 Å². The molecule has 158 valence electrons. The van der Waals surface area contributed by atoms with Crippen LogP contribution in [-0.4, -0.2) is 17.1 Å². The summed E-state index contributed by atoms with van der Waals surface area (Å²) in [5.74, 6) is -0.578. The van der Waals surface area contributed by atoms with Gasteiger partial charge in [0.15, 0.2) is 0 Å². The van der Waals surface area contributed by atoms with Crippen LogP contribution in [0, 0.1) is 12.8 Å². The first-order valence-electron chi connectivity index (χ1n) is 10.5. The highest BCUT2D eigenvalue weighted by atomic mass is 32.2. The summed E-state index contributed by atoms with van der Waals surface area (Å²) in [7, 11) is 0. The molecule has 5 heteroatoms. The Balaban J connectivity index is 1.53. The van der Waals surface area contributed by atoms with Crippen molar-refractivity contribution in [3.8, 4) is 0 Å². The molecule has 3 aromatic rings. The zero-order chi connectivity index (χ0) is 21.8. The smallest absolute Gasteiger partial charge is 0.241 e. The highest BCUT2D eigenvalue weighted by Crippen LogP contribution is 2.42. The number of amides is 2. The maximum Gasteiger partial charge on any atom is 0.241 e. The standard InChI is InChI=1S/C26H26N2O2S/c1-18-12-14-21(15-13-18)17-28-22-10-6-7-11-23(22)31-24(26(28)30)19(2)25(29)27-16-20-8-4-3-5-9-20/h3-15,19,24H,16-17H2,1-2H3,(H,27,29)/t19-,24+/m1/s1. The Morgan fingerprint density at radius 3 is 2.39 bits per heavy atom. The predicted molar refractivity (Wildman–Crippen MR) is 126 cm³/mol. The number of aryl methyl sites for hydroxylation is 1. The topological polar surface area (TPSA) is 49.4 Å². The molecule has 0 saturated heterocycles. The van der Waals surface area contributed by atoms with Crippen molar-refractivity contribution >= 4 is 29.3 Å². The highest BCUT2D eigenvalue weighted by Gasteiger charge is 2.39. The lowest BCUT2D eigenvalue weighted by atomic mass is 10.0. The molecule has 4 rings (SSSR count). The van der Waals surface area contributed by atoms with E-state index >= 15 is 0 Å². The van der Waals surface area contributed by atoms with Crippen LogP contribution < -0.4 is 10.2 Å². The van der Waals surface area contributed by atoms with Crippen LogP contribution in [0.1, 0.15) is 23.6 Å². The fourth-order valence-corrected chi connectivity index (χ4v) is 4.96. The first-order valence-corrected chi connectivity index (χ1v) is 11.3. The number of hydrogen-bond donors (Lipinski definition) is 1. The van der Waals surface area contributed by atoms with Gasteiger partial charge in [0, 0.05) is 11.4 Å². The maximum atomic E-state index is 13.5. The second-order valence-electron chi connectivity index (χ2n) is 7.91. The number of thioether (sulfide) groups is 1. The number of nitrogens with one attached hydrogen (secondary N) is 1. The van der Waals surface area contributed by atoms with Crippen molar-refractivity contribution in [2.45, 2.75) is 37.1 Å². The van der Waals surface area contributed by atoms with Crippen LogP contribution in [0.3, 0.4) is 0 Å². The minimum absolute atomic E-state index is 0.0216. The lowest BCUT2D eigenvalue weighted by Gasteiger charge is -2.35. The van der Waals surface area contributed by atoms with Crippen LogP contribution in [0.2, 0.25) is 0 Å². The van der Waals surface area contributed by atoms with Gasteiger partial charge in [0.2, 0.25) is 11.8 Å². The third-order valence-corrected chi connectivity index (χ3v) is 7.02. The van der Waals surface area contributed by atoms with Gasteiger partial charge < -0.3 is 10.2 Å². The monoisotopic (exact) mass is 430 g/mol. The summed E-state index contributed by atoms with van der Waals surface area (Å²) in [6, 6.07) is 26.0. The highest BCUT2D eigenvalue weighted by molar-refractivity contribution is 8.01. The molecule has 1 aliphatic heterocycles. The lowest BCUT2D eigenvalue weighted by molar-refractivity contribution is -0.128. The minimum atomic E-state index is -0.462. The Morgan fingerprint density at radius 2 is 1.65 bits per heavy atom. The van der Waals surface area contributed by atoms with Crippen LogP contribution >= 0.6 is 11.8 Å². The van der Waals surface area contributed by atoms with Gasteiger partial charge in [-0.1, -0.05) is 79.2 Å². The molecular formula is C26H26N2O2S. The molecule has 0 saturated carbocycles. The number of carbonyl (C=O) groups excluding carboxylic acids is 2. The van der Waals surface area contributed by atoms with E-state index in [0.29, 0.717) is 13.1 Å². The Kier molecular flexibility index (Phi) is 6.42. The Morgan fingerprint density at radius 1 is 0.968 bits per heavy atom. The fraction of sp³-hybridized carbons (Fsp3) is 0.231. The number of anilines is 1. The Hall–Kier alpha value is -3.05. The van der Waals surface area contributed by atoms with E-state index in [2.05, 4.69) is 29.6 Å².